The molecule has 5 heteroatoms. The molecule has 1 saturated heterocycles. The molecule has 0 aliphatic carbocycles. The zero-order valence-corrected chi connectivity index (χ0v) is 13.4. The van der Waals surface area contributed by atoms with Gasteiger partial charge in [0, 0.05) is 25.7 Å². The Bertz CT molecular complexity index is 278. The number of nitrogens with zero attached hydrogens (tertiary/aromatic N) is 1. The van der Waals surface area contributed by atoms with Crippen LogP contribution in [0, 0.1) is 5.92 Å². The summed E-state index contributed by atoms with van der Waals surface area (Å²) in [6.45, 7) is 10.9. The van der Waals surface area contributed by atoms with Crippen molar-refractivity contribution >= 4 is 5.97 Å². The summed E-state index contributed by atoms with van der Waals surface area (Å²) in [5.41, 5.74) is 0. The van der Waals surface area contributed by atoms with E-state index in [1.165, 1.54) is 7.11 Å². The lowest BCUT2D eigenvalue weighted by molar-refractivity contribution is -0.143. The first-order valence-corrected chi connectivity index (χ1v) is 7.71. The molecule has 0 aromatic rings. The highest BCUT2D eigenvalue weighted by molar-refractivity contribution is 5.75. The summed E-state index contributed by atoms with van der Waals surface area (Å²) in [4.78, 5) is 14.1. The smallest absolute Gasteiger partial charge is 0.322 e. The summed E-state index contributed by atoms with van der Waals surface area (Å²) in [7, 11) is 1.44. The first-order chi connectivity index (χ1) is 9.58. The molecule has 0 bridgehead atoms. The summed E-state index contributed by atoms with van der Waals surface area (Å²) < 4.78 is 10.2. The SMILES string of the molecule is CCC(NCC(CC(C)C)N1CCOCC1)C(=O)OC. The quantitative estimate of drug-likeness (QED) is 0.681. The molecule has 1 N–H and O–H groups in total. The molecule has 0 saturated carbocycles. The van der Waals surface area contributed by atoms with E-state index in [4.69, 9.17) is 9.47 Å². The lowest BCUT2D eigenvalue weighted by atomic mass is 10.0. The topological polar surface area (TPSA) is 50.8 Å². The van der Waals surface area contributed by atoms with E-state index < -0.39 is 0 Å². The van der Waals surface area contributed by atoms with Crippen LogP contribution in [0.4, 0.5) is 0 Å². The number of nitrogens with one attached hydrogen (secondary N) is 1. The van der Waals surface area contributed by atoms with Crippen LogP contribution in [-0.2, 0) is 14.3 Å². The number of esters is 1. The maximum absolute atomic E-state index is 11.6. The Morgan fingerprint density at radius 2 is 2.00 bits per heavy atom. The van der Waals surface area contributed by atoms with E-state index in [9.17, 15) is 4.79 Å². The van der Waals surface area contributed by atoms with Crippen LogP contribution >= 0.6 is 0 Å². The number of hydrogen-bond acceptors (Lipinski definition) is 5. The molecule has 0 aromatic heterocycles. The van der Waals surface area contributed by atoms with Gasteiger partial charge in [-0.25, -0.2) is 0 Å². The lowest BCUT2D eigenvalue weighted by Gasteiger charge is -2.36. The molecule has 1 aliphatic rings. The number of morpholine rings is 1. The minimum atomic E-state index is -0.198. The first-order valence-electron chi connectivity index (χ1n) is 7.71. The molecule has 0 spiro atoms. The molecular formula is C15H30N2O3. The summed E-state index contributed by atoms with van der Waals surface area (Å²) in [6.07, 6.45) is 1.88. The van der Waals surface area contributed by atoms with Crippen molar-refractivity contribution in [3.63, 3.8) is 0 Å². The normalized spacial score (nSPS) is 19.9. The van der Waals surface area contributed by atoms with Gasteiger partial charge >= 0.3 is 5.97 Å². The number of carbonyl (C=O) groups excluding carboxylic acids is 1. The molecule has 0 aromatic carbocycles. The van der Waals surface area contributed by atoms with E-state index in [2.05, 4.69) is 24.1 Å². The third-order valence-electron chi connectivity index (χ3n) is 3.80. The average molecular weight is 286 g/mol. The van der Waals surface area contributed by atoms with E-state index in [1.54, 1.807) is 0 Å². The minimum Gasteiger partial charge on any atom is -0.468 e. The van der Waals surface area contributed by atoms with Crippen LogP contribution in [0.2, 0.25) is 0 Å². The van der Waals surface area contributed by atoms with Crippen molar-refractivity contribution in [2.45, 2.75) is 45.7 Å². The van der Waals surface area contributed by atoms with Crippen molar-refractivity contribution in [2.24, 2.45) is 5.92 Å². The van der Waals surface area contributed by atoms with Crippen molar-refractivity contribution < 1.29 is 14.3 Å². The largest absolute Gasteiger partial charge is 0.468 e. The van der Waals surface area contributed by atoms with Gasteiger partial charge in [-0.2, -0.15) is 0 Å². The van der Waals surface area contributed by atoms with E-state index in [1.807, 2.05) is 6.92 Å². The number of ether oxygens (including phenoxy) is 2. The van der Waals surface area contributed by atoms with Crippen LogP contribution in [0.3, 0.4) is 0 Å². The third kappa shape index (κ3) is 5.77. The van der Waals surface area contributed by atoms with Gasteiger partial charge in [-0.3, -0.25) is 9.69 Å². The Balaban J connectivity index is 2.52. The van der Waals surface area contributed by atoms with Crippen molar-refractivity contribution in [3.05, 3.63) is 0 Å². The van der Waals surface area contributed by atoms with Gasteiger partial charge < -0.3 is 14.8 Å². The van der Waals surface area contributed by atoms with Crippen LogP contribution in [0.5, 0.6) is 0 Å². The fraction of sp³-hybridized carbons (Fsp3) is 0.933. The highest BCUT2D eigenvalue weighted by atomic mass is 16.5. The van der Waals surface area contributed by atoms with E-state index in [-0.39, 0.29) is 12.0 Å². The molecule has 5 nitrogen and oxygen atoms in total. The molecule has 1 heterocycles. The molecule has 2 unspecified atom stereocenters. The number of rotatable bonds is 8. The summed E-state index contributed by atoms with van der Waals surface area (Å²) in [5, 5.41) is 3.37. The molecule has 1 rings (SSSR count). The predicted octanol–water partition coefficient (Wildman–Crippen LogP) is 1.27. The summed E-state index contributed by atoms with van der Waals surface area (Å²) >= 11 is 0. The molecule has 2 atom stereocenters. The number of hydrogen-bond donors (Lipinski definition) is 1. The molecule has 1 fully saturated rings. The minimum absolute atomic E-state index is 0.169. The zero-order valence-electron chi connectivity index (χ0n) is 13.4. The Kier molecular flexibility index (Phi) is 8.11. The van der Waals surface area contributed by atoms with Gasteiger partial charge in [0.15, 0.2) is 0 Å². The summed E-state index contributed by atoms with van der Waals surface area (Å²) in [6, 6.07) is 0.258. The van der Waals surface area contributed by atoms with Gasteiger partial charge in [-0.1, -0.05) is 20.8 Å². The molecule has 0 amide bonds. The Hall–Kier alpha value is -0.650. The van der Waals surface area contributed by atoms with Crippen LogP contribution < -0.4 is 5.32 Å². The van der Waals surface area contributed by atoms with Crippen molar-refractivity contribution in [3.8, 4) is 0 Å². The van der Waals surface area contributed by atoms with Gasteiger partial charge in [0.2, 0.25) is 0 Å². The second kappa shape index (κ2) is 9.32. The Labute approximate surface area is 123 Å². The van der Waals surface area contributed by atoms with Crippen molar-refractivity contribution in [1.82, 2.24) is 10.2 Å². The van der Waals surface area contributed by atoms with Crippen LogP contribution in [0.1, 0.15) is 33.6 Å². The van der Waals surface area contributed by atoms with Crippen LogP contribution in [0.15, 0.2) is 0 Å². The highest BCUT2D eigenvalue weighted by Gasteiger charge is 2.24. The standard InChI is InChI=1S/C15H30N2O3/c1-5-14(15(18)19-4)16-11-13(10-12(2)3)17-6-8-20-9-7-17/h12-14,16H,5-11H2,1-4H3. The predicted molar refractivity (Wildman–Crippen MR) is 79.7 cm³/mol. The van der Waals surface area contributed by atoms with Gasteiger partial charge in [0.25, 0.3) is 0 Å². The van der Waals surface area contributed by atoms with E-state index in [0.717, 1.165) is 45.7 Å². The molecule has 1 aliphatic heterocycles. The fourth-order valence-electron chi connectivity index (χ4n) is 2.66. The second-order valence-corrected chi connectivity index (χ2v) is 5.82. The fourth-order valence-corrected chi connectivity index (χ4v) is 2.66. The number of carbonyl (C=O) groups is 1. The molecular weight excluding hydrogens is 256 g/mol. The Morgan fingerprint density at radius 3 is 2.50 bits per heavy atom. The molecule has 20 heavy (non-hydrogen) atoms. The van der Waals surface area contributed by atoms with Crippen molar-refractivity contribution in [1.29, 1.82) is 0 Å². The summed E-state index contributed by atoms with van der Waals surface area (Å²) in [5.74, 6) is 0.473. The maximum atomic E-state index is 11.6. The van der Waals surface area contributed by atoms with E-state index >= 15 is 0 Å². The highest BCUT2D eigenvalue weighted by Crippen LogP contribution is 2.13. The second-order valence-electron chi connectivity index (χ2n) is 5.82. The first kappa shape index (κ1) is 17.4. The Morgan fingerprint density at radius 1 is 1.35 bits per heavy atom. The lowest BCUT2D eigenvalue weighted by Crippen LogP contribution is -2.51. The van der Waals surface area contributed by atoms with Gasteiger partial charge in [-0.05, 0) is 18.8 Å². The molecule has 118 valence electrons. The van der Waals surface area contributed by atoms with Crippen molar-refractivity contribution in [2.75, 3.05) is 40.0 Å². The maximum Gasteiger partial charge on any atom is 0.322 e. The van der Waals surface area contributed by atoms with Crippen LogP contribution in [0.25, 0.3) is 0 Å². The average Bonchev–Trinajstić information content (AvgIpc) is 2.46. The van der Waals surface area contributed by atoms with Crippen LogP contribution in [-0.4, -0.2) is 62.9 Å². The van der Waals surface area contributed by atoms with Gasteiger partial charge in [0.05, 0.1) is 20.3 Å². The monoisotopic (exact) mass is 286 g/mol. The number of methoxy groups -OCH3 is 1. The van der Waals surface area contributed by atoms with Gasteiger partial charge in [-0.15, -0.1) is 0 Å². The third-order valence-corrected chi connectivity index (χ3v) is 3.80. The van der Waals surface area contributed by atoms with E-state index in [0.29, 0.717) is 12.0 Å². The molecule has 0 radical (unpaired) electrons. The zero-order chi connectivity index (χ0) is 15.0. The van der Waals surface area contributed by atoms with Gasteiger partial charge in [0.1, 0.15) is 6.04 Å².